The smallest absolute Gasteiger partial charge is 0.186 e. The molecule has 0 aliphatic carbocycles. The Bertz CT molecular complexity index is 338. The summed E-state index contributed by atoms with van der Waals surface area (Å²) in [5.41, 5.74) is 0. The fourth-order valence-corrected chi connectivity index (χ4v) is 3.40. The Morgan fingerprint density at radius 2 is 1.35 bits per heavy atom. The van der Waals surface area contributed by atoms with Gasteiger partial charge in [-0.3, -0.25) is 0 Å². The van der Waals surface area contributed by atoms with Crippen molar-refractivity contribution < 1.29 is 29.9 Å². The van der Waals surface area contributed by atoms with Gasteiger partial charge in [-0.15, -0.1) is 0 Å². The summed E-state index contributed by atoms with van der Waals surface area (Å²) in [5.74, 6) is 0. The van der Waals surface area contributed by atoms with E-state index in [-0.39, 0.29) is 6.10 Å². The summed E-state index contributed by atoms with van der Waals surface area (Å²) in [4.78, 5) is 0. The van der Waals surface area contributed by atoms with Crippen LogP contribution in [0.2, 0.25) is 0 Å². The van der Waals surface area contributed by atoms with Crippen LogP contribution in [0, 0.1) is 0 Å². The molecule has 1 unspecified atom stereocenters. The normalized spacial score (nSPS) is 30.5. The lowest BCUT2D eigenvalue weighted by atomic mass is 9.99. The molecule has 0 aromatic heterocycles. The van der Waals surface area contributed by atoms with Crippen LogP contribution in [-0.4, -0.2) is 63.8 Å². The van der Waals surface area contributed by atoms with E-state index in [0.717, 1.165) is 19.3 Å². The van der Waals surface area contributed by atoms with Crippen LogP contribution in [0.25, 0.3) is 0 Å². The van der Waals surface area contributed by atoms with Crippen molar-refractivity contribution in [2.24, 2.45) is 0 Å². The molecule has 4 N–H and O–H groups in total. The van der Waals surface area contributed by atoms with Crippen LogP contribution < -0.4 is 0 Å². The molecule has 0 amide bonds. The molecule has 0 aromatic rings. The highest BCUT2D eigenvalue weighted by Gasteiger charge is 2.44. The Balaban J connectivity index is 2.10. The molecule has 0 bridgehead atoms. The van der Waals surface area contributed by atoms with Gasteiger partial charge in [-0.1, -0.05) is 71.1 Å². The average molecular weight is 377 g/mol. The van der Waals surface area contributed by atoms with Gasteiger partial charge >= 0.3 is 0 Å². The molecule has 1 aliphatic heterocycles. The summed E-state index contributed by atoms with van der Waals surface area (Å²) in [7, 11) is 0. The first kappa shape index (κ1) is 23.8. The topological polar surface area (TPSA) is 99.4 Å². The van der Waals surface area contributed by atoms with Crippen molar-refractivity contribution in [3.63, 3.8) is 0 Å². The Morgan fingerprint density at radius 3 is 1.88 bits per heavy atom. The molecular weight excluding hydrogens is 336 g/mol. The summed E-state index contributed by atoms with van der Waals surface area (Å²) in [6.07, 6.45) is 7.53. The monoisotopic (exact) mass is 376 g/mol. The van der Waals surface area contributed by atoms with Crippen molar-refractivity contribution in [2.45, 2.75) is 121 Å². The van der Waals surface area contributed by atoms with Crippen LogP contribution in [0.15, 0.2) is 0 Å². The summed E-state index contributed by atoms with van der Waals surface area (Å²) in [6.45, 7) is 3.72. The highest BCUT2D eigenvalue weighted by Crippen LogP contribution is 2.24. The van der Waals surface area contributed by atoms with Crippen LogP contribution in [0.4, 0.5) is 0 Å². The minimum absolute atomic E-state index is 0.120. The quantitative estimate of drug-likeness (QED) is 0.348. The molecule has 0 spiro atoms. The number of hydrogen-bond donors (Lipinski definition) is 4. The lowest BCUT2D eigenvalue weighted by molar-refractivity contribution is -0.310. The maximum atomic E-state index is 9.97. The summed E-state index contributed by atoms with van der Waals surface area (Å²) >= 11 is 0. The standard InChI is InChI=1S/C20H40O6/c1-3-4-5-6-7-8-9-10-11-12-13-15(2)25-20-19(24)18(23)17(22)16(14-21)26-20/h15-24H,3-14H2,1-2H3/t15?,16-,17-,18+,19-,20+/m1/s1. The molecule has 0 radical (unpaired) electrons. The molecular formula is C20H40O6. The number of aliphatic hydroxyl groups is 4. The maximum absolute atomic E-state index is 9.97. The van der Waals surface area contributed by atoms with E-state index in [1.165, 1.54) is 51.4 Å². The third kappa shape index (κ3) is 8.63. The molecule has 0 aromatic carbocycles. The molecule has 1 aliphatic rings. The zero-order chi connectivity index (χ0) is 19.4. The largest absolute Gasteiger partial charge is 0.394 e. The first-order valence-electron chi connectivity index (χ1n) is 10.5. The van der Waals surface area contributed by atoms with Crippen molar-refractivity contribution in [2.75, 3.05) is 6.61 Å². The molecule has 6 heteroatoms. The van der Waals surface area contributed by atoms with E-state index >= 15 is 0 Å². The molecule has 0 saturated carbocycles. The van der Waals surface area contributed by atoms with Crippen molar-refractivity contribution in [3.05, 3.63) is 0 Å². The van der Waals surface area contributed by atoms with Gasteiger partial charge in [0.05, 0.1) is 12.7 Å². The summed E-state index contributed by atoms with van der Waals surface area (Å²) in [5, 5.41) is 38.7. The van der Waals surface area contributed by atoms with E-state index in [0.29, 0.717) is 0 Å². The summed E-state index contributed by atoms with van der Waals surface area (Å²) in [6, 6.07) is 0. The van der Waals surface area contributed by atoms with Crippen LogP contribution in [-0.2, 0) is 9.47 Å². The predicted octanol–water partition coefficient (Wildman–Crippen LogP) is 2.50. The molecule has 1 rings (SSSR count). The molecule has 6 nitrogen and oxygen atoms in total. The highest BCUT2D eigenvalue weighted by atomic mass is 16.7. The fourth-order valence-electron chi connectivity index (χ4n) is 3.40. The van der Waals surface area contributed by atoms with Crippen LogP contribution in [0.5, 0.6) is 0 Å². The van der Waals surface area contributed by atoms with E-state index in [1.54, 1.807) is 0 Å². The Labute approximate surface area is 158 Å². The van der Waals surface area contributed by atoms with Gasteiger partial charge in [-0.25, -0.2) is 0 Å². The van der Waals surface area contributed by atoms with E-state index in [4.69, 9.17) is 9.47 Å². The lowest BCUT2D eigenvalue weighted by Gasteiger charge is -2.40. The maximum Gasteiger partial charge on any atom is 0.186 e. The second kappa shape index (κ2) is 13.9. The minimum Gasteiger partial charge on any atom is -0.394 e. The Morgan fingerprint density at radius 1 is 0.808 bits per heavy atom. The van der Waals surface area contributed by atoms with Gasteiger partial charge in [-0.05, 0) is 13.3 Å². The van der Waals surface area contributed by atoms with Crippen molar-refractivity contribution in [3.8, 4) is 0 Å². The first-order valence-corrected chi connectivity index (χ1v) is 10.5. The van der Waals surface area contributed by atoms with E-state index in [2.05, 4.69) is 6.92 Å². The van der Waals surface area contributed by atoms with Crippen molar-refractivity contribution >= 4 is 0 Å². The Kier molecular flexibility index (Phi) is 12.7. The third-order valence-corrected chi connectivity index (χ3v) is 5.18. The minimum atomic E-state index is -1.38. The van der Waals surface area contributed by atoms with E-state index < -0.39 is 37.3 Å². The fraction of sp³-hybridized carbons (Fsp3) is 1.00. The molecule has 1 heterocycles. The average Bonchev–Trinajstić information content (AvgIpc) is 2.63. The van der Waals surface area contributed by atoms with Gasteiger partial charge in [0.15, 0.2) is 6.29 Å². The van der Waals surface area contributed by atoms with Crippen LogP contribution >= 0.6 is 0 Å². The van der Waals surface area contributed by atoms with Crippen LogP contribution in [0.1, 0.15) is 84.5 Å². The Hall–Kier alpha value is -0.240. The van der Waals surface area contributed by atoms with E-state index in [1.807, 2.05) is 6.92 Å². The van der Waals surface area contributed by atoms with E-state index in [9.17, 15) is 20.4 Å². The molecule has 156 valence electrons. The van der Waals surface area contributed by atoms with Gasteiger partial charge in [-0.2, -0.15) is 0 Å². The van der Waals surface area contributed by atoms with Crippen molar-refractivity contribution in [1.29, 1.82) is 0 Å². The zero-order valence-electron chi connectivity index (χ0n) is 16.6. The first-order chi connectivity index (χ1) is 12.5. The highest BCUT2D eigenvalue weighted by molar-refractivity contribution is 4.89. The van der Waals surface area contributed by atoms with Gasteiger partial charge in [0.1, 0.15) is 24.4 Å². The number of unbranched alkanes of at least 4 members (excludes halogenated alkanes) is 9. The summed E-state index contributed by atoms with van der Waals surface area (Å²) < 4.78 is 11.1. The molecule has 1 fully saturated rings. The predicted molar refractivity (Wildman–Crippen MR) is 101 cm³/mol. The SMILES string of the molecule is CCCCCCCCCCCCC(C)O[C@H]1O[C@H](CO)[C@@H](O)[C@H](O)[C@H]1O. The number of rotatable bonds is 14. The molecule has 1 saturated heterocycles. The van der Waals surface area contributed by atoms with Gasteiger partial charge in [0.2, 0.25) is 0 Å². The van der Waals surface area contributed by atoms with Crippen LogP contribution in [0.3, 0.4) is 0 Å². The lowest BCUT2D eigenvalue weighted by Crippen LogP contribution is -2.59. The van der Waals surface area contributed by atoms with Crippen molar-refractivity contribution in [1.82, 2.24) is 0 Å². The number of hydrogen-bond acceptors (Lipinski definition) is 6. The second-order valence-corrected chi connectivity index (χ2v) is 7.61. The molecule has 6 atom stereocenters. The van der Waals surface area contributed by atoms with Gasteiger partial charge < -0.3 is 29.9 Å². The van der Waals surface area contributed by atoms with Gasteiger partial charge in [0.25, 0.3) is 0 Å². The number of aliphatic hydroxyl groups excluding tert-OH is 4. The third-order valence-electron chi connectivity index (χ3n) is 5.18. The zero-order valence-corrected chi connectivity index (χ0v) is 16.6. The second-order valence-electron chi connectivity index (χ2n) is 7.61. The number of ether oxygens (including phenoxy) is 2. The molecule has 26 heavy (non-hydrogen) atoms. The van der Waals surface area contributed by atoms with Gasteiger partial charge in [0, 0.05) is 0 Å².